The van der Waals surface area contributed by atoms with Crippen molar-refractivity contribution in [2.24, 2.45) is 0 Å². The molecule has 3 aromatic rings. The van der Waals surface area contributed by atoms with Crippen LogP contribution in [0, 0.1) is 13.8 Å². The Balaban J connectivity index is 1.75. The lowest BCUT2D eigenvalue weighted by atomic mass is 10.1. The molecule has 2 N–H and O–H groups in total. The monoisotopic (exact) mass is 419 g/mol. The molecule has 0 unspecified atom stereocenters. The average molecular weight is 420 g/mol. The molecule has 0 fully saturated rings. The number of rotatable bonds is 7. The van der Waals surface area contributed by atoms with Crippen LogP contribution in [0.4, 0.5) is 11.4 Å². The third kappa shape index (κ3) is 5.48. The Hall–Kier alpha value is -3.12. The number of hydrogen-bond acceptors (Lipinski definition) is 4. The number of aromatic nitrogens is 1. The second kappa shape index (κ2) is 10.1. The number of carbonyl (C=O) groups excluding carboxylic acids is 2. The minimum Gasteiger partial charge on any atom is -0.325 e. The molecule has 0 saturated carbocycles. The zero-order valence-corrected chi connectivity index (χ0v) is 18.2. The average Bonchev–Trinajstić information content (AvgIpc) is 2.73. The summed E-state index contributed by atoms with van der Waals surface area (Å²) in [5, 5.41) is 6.43. The summed E-state index contributed by atoms with van der Waals surface area (Å²) in [4.78, 5) is 30.0. The second-order valence-corrected chi connectivity index (χ2v) is 7.89. The van der Waals surface area contributed by atoms with Crippen molar-refractivity contribution in [1.82, 2.24) is 4.98 Å². The number of para-hydroxylation sites is 2. The van der Waals surface area contributed by atoms with Gasteiger partial charge in [0.15, 0.2) is 0 Å². The van der Waals surface area contributed by atoms with Gasteiger partial charge in [0, 0.05) is 17.1 Å². The predicted octanol–water partition coefficient (Wildman–Crippen LogP) is 5.24. The molecule has 2 amide bonds. The summed E-state index contributed by atoms with van der Waals surface area (Å²) in [6.45, 7) is 5.82. The van der Waals surface area contributed by atoms with Gasteiger partial charge in [0.05, 0.1) is 11.3 Å². The van der Waals surface area contributed by atoms with E-state index in [0.29, 0.717) is 16.3 Å². The number of hydrogen-bond donors (Lipinski definition) is 2. The number of anilines is 2. The molecule has 6 heteroatoms. The van der Waals surface area contributed by atoms with Crippen molar-refractivity contribution in [1.29, 1.82) is 0 Å². The van der Waals surface area contributed by atoms with E-state index < -0.39 is 0 Å². The van der Waals surface area contributed by atoms with Crippen molar-refractivity contribution in [3.05, 3.63) is 83.0 Å². The van der Waals surface area contributed by atoms with Crippen molar-refractivity contribution >= 4 is 35.0 Å². The van der Waals surface area contributed by atoms with Crippen LogP contribution in [0.2, 0.25) is 0 Å². The fraction of sp³-hybridized carbons (Fsp3) is 0.208. The van der Waals surface area contributed by atoms with Crippen LogP contribution in [0.5, 0.6) is 0 Å². The zero-order chi connectivity index (χ0) is 21.5. The van der Waals surface area contributed by atoms with Gasteiger partial charge >= 0.3 is 0 Å². The highest BCUT2D eigenvalue weighted by molar-refractivity contribution is 8.00. The number of pyridine rings is 1. The molecule has 0 spiro atoms. The van der Waals surface area contributed by atoms with Gasteiger partial charge in [0.1, 0.15) is 5.03 Å². The molecule has 2 aromatic carbocycles. The topological polar surface area (TPSA) is 71.1 Å². The van der Waals surface area contributed by atoms with Crippen LogP contribution in [0.3, 0.4) is 0 Å². The smallest absolute Gasteiger partial charge is 0.258 e. The Labute approximate surface area is 181 Å². The van der Waals surface area contributed by atoms with Crippen molar-refractivity contribution in [3.63, 3.8) is 0 Å². The summed E-state index contributed by atoms with van der Waals surface area (Å²) in [5.74, 6) is -0.193. The standard InChI is InChI=1S/C24H25N3O2S/c1-4-18-10-8-9-13-20(18)27-21(28)15-30-24-22(16(2)14-17(3)25-24)23(29)26-19-11-6-5-7-12-19/h5-14H,4,15H2,1-3H3,(H,26,29)(H,27,28). The maximum Gasteiger partial charge on any atom is 0.258 e. The largest absolute Gasteiger partial charge is 0.325 e. The Morgan fingerprint density at radius 1 is 0.967 bits per heavy atom. The summed E-state index contributed by atoms with van der Waals surface area (Å²) in [7, 11) is 0. The van der Waals surface area contributed by atoms with E-state index in [0.717, 1.165) is 28.9 Å². The molecule has 0 aliphatic carbocycles. The molecule has 0 atom stereocenters. The molecule has 30 heavy (non-hydrogen) atoms. The first kappa shape index (κ1) is 21.6. The van der Waals surface area contributed by atoms with E-state index in [-0.39, 0.29) is 17.6 Å². The first-order valence-electron chi connectivity index (χ1n) is 9.83. The molecule has 0 bridgehead atoms. The van der Waals surface area contributed by atoms with E-state index in [2.05, 4.69) is 22.5 Å². The van der Waals surface area contributed by atoms with E-state index in [4.69, 9.17) is 0 Å². The van der Waals surface area contributed by atoms with E-state index in [1.54, 1.807) is 0 Å². The summed E-state index contributed by atoms with van der Waals surface area (Å²) in [5.41, 5.74) is 4.76. The number of thioether (sulfide) groups is 1. The molecular formula is C24H25N3O2S. The lowest BCUT2D eigenvalue weighted by Gasteiger charge is -2.14. The van der Waals surface area contributed by atoms with Gasteiger partial charge in [-0.25, -0.2) is 4.98 Å². The zero-order valence-electron chi connectivity index (χ0n) is 17.4. The number of benzene rings is 2. The van der Waals surface area contributed by atoms with Crippen molar-refractivity contribution < 1.29 is 9.59 Å². The molecule has 1 aromatic heterocycles. The van der Waals surface area contributed by atoms with Crippen LogP contribution in [-0.2, 0) is 11.2 Å². The minimum atomic E-state index is -0.231. The van der Waals surface area contributed by atoms with Crippen molar-refractivity contribution in [2.45, 2.75) is 32.2 Å². The Morgan fingerprint density at radius 3 is 2.40 bits per heavy atom. The highest BCUT2D eigenvalue weighted by Crippen LogP contribution is 2.26. The maximum absolute atomic E-state index is 12.9. The minimum absolute atomic E-state index is 0.128. The van der Waals surface area contributed by atoms with Gasteiger partial charge in [-0.2, -0.15) is 0 Å². The van der Waals surface area contributed by atoms with Gasteiger partial charge in [-0.15, -0.1) is 0 Å². The van der Waals surface area contributed by atoms with E-state index in [1.165, 1.54) is 11.8 Å². The lowest BCUT2D eigenvalue weighted by Crippen LogP contribution is -2.18. The van der Waals surface area contributed by atoms with Crippen LogP contribution in [0.15, 0.2) is 65.7 Å². The van der Waals surface area contributed by atoms with Crippen molar-refractivity contribution in [3.8, 4) is 0 Å². The van der Waals surface area contributed by atoms with Gasteiger partial charge in [0.25, 0.3) is 5.91 Å². The molecule has 0 radical (unpaired) electrons. The molecule has 0 saturated heterocycles. The highest BCUT2D eigenvalue weighted by atomic mass is 32.2. The number of aryl methyl sites for hydroxylation is 3. The summed E-state index contributed by atoms with van der Waals surface area (Å²) in [6, 6.07) is 18.9. The van der Waals surface area contributed by atoms with E-state index in [9.17, 15) is 9.59 Å². The molecule has 0 aliphatic rings. The summed E-state index contributed by atoms with van der Waals surface area (Å²) < 4.78 is 0. The first-order chi connectivity index (χ1) is 14.5. The van der Waals surface area contributed by atoms with Gasteiger partial charge < -0.3 is 10.6 Å². The van der Waals surface area contributed by atoms with Crippen LogP contribution in [0.25, 0.3) is 0 Å². The molecule has 1 heterocycles. The molecule has 3 rings (SSSR count). The van der Waals surface area contributed by atoms with E-state index >= 15 is 0 Å². The third-order valence-corrected chi connectivity index (χ3v) is 5.56. The normalized spacial score (nSPS) is 10.5. The Kier molecular flexibility index (Phi) is 7.25. The number of nitrogens with zero attached hydrogens (tertiary/aromatic N) is 1. The SMILES string of the molecule is CCc1ccccc1NC(=O)CSc1nc(C)cc(C)c1C(=O)Nc1ccccc1. The van der Waals surface area contributed by atoms with Crippen LogP contribution < -0.4 is 10.6 Å². The Bertz CT molecular complexity index is 1050. The van der Waals surface area contributed by atoms with Gasteiger partial charge in [-0.1, -0.05) is 55.1 Å². The molecule has 0 aliphatic heterocycles. The first-order valence-corrected chi connectivity index (χ1v) is 10.8. The lowest BCUT2D eigenvalue weighted by molar-refractivity contribution is -0.113. The fourth-order valence-electron chi connectivity index (χ4n) is 3.17. The third-order valence-electron chi connectivity index (χ3n) is 4.58. The highest BCUT2D eigenvalue weighted by Gasteiger charge is 2.18. The van der Waals surface area contributed by atoms with E-state index in [1.807, 2.05) is 74.5 Å². The van der Waals surface area contributed by atoms with Gasteiger partial charge in [-0.05, 0) is 55.7 Å². The second-order valence-electron chi connectivity index (χ2n) is 6.93. The molecular weight excluding hydrogens is 394 g/mol. The summed E-state index contributed by atoms with van der Waals surface area (Å²) >= 11 is 1.27. The van der Waals surface area contributed by atoms with Crippen LogP contribution in [0.1, 0.15) is 34.1 Å². The predicted molar refractivity (Wildman–Crippen MR) is 123 cm³/mol. The van der Waals surface area contributed by atoms with Crippen LogP contribution >= 0.6 is 11.8 Å². The maximum atomic E-state index is 12.9. The fourth-order valence-corrected chi connectivity index (χ4v) is 4.12. The summed E-state index contributed by atoms with van der Waals surface area (Å²) in [6.07, 6.45) is 0.839. The Morgan fingerprint density at radius 2 is 1.67 bits per heavy atom. The van der Waals surface area contributed by atoms with Gasteiger partial charge in [0.2, 0.25) is 5.91 Å². The number of carbonyl (C=O) groups is 2. The number of amides is 2. The van der Waals surface area contributed by atoms with Crippen LogP contribution in [-0.4, -0.2) is 22.6 Å². The van der Waals surface area contributed by atoms with Gasteiger partial charge in [-0.3, -0.25) is 9.59 Å². The quantitative estimate of drug-likeness (QED) is 0.514. The van der Waals surface area contributed by atoms with Crippen molar-refractivity contribution in [2.75, 3.05) is 16.4 Å². The number of nitrogens with one attached hydrogen (secondary N) is 2. The molecule has 5 nitrogen and oxygen atoms in total. The molecule has 154 valence electrons.